The summed E-state index contributed by atoms with van der Waals surface area (Å²) in [7, 11) is 0. The number of rotatable bonds is 5. The normalized spacial score (nSPS) is 10.3. The van der Waals surface area contributed by atoms with Gasteiger partial charge in [-0.3, -0.25) is 0 Å². The molecule has 4 heteroatoms. The molecule has 0 saturated heterocycles. The van der Waals surface area contributed by atoms with Gasteiger partial charge in [0.1, 0.15) is 5.82 Å². The van der Waals surface area contributed by atoms with E-state index in [0.717, 1.165) is 13.1 Å². The van der Waals surface area contributed by atoms with Crippen molar-refractivity contribution in [1.29, 1.82) is 0 Å². The van der Waals surface area contributed by atoms with E-state index in [4.69, 9.17) is 5.84 Å². The molecule has 0 saturated carbocycles. The van der Waals surface area contributed by atoms with E-state index in [1.165, 1.54) is 16.8 Å². The van der Waals surface area contributed by atoms with Crippen LogP contribution in [-0.2, 0) is 6.54 Å². The molecule has 0 atom stereocenters. The molecule has 0 unspecified atom stereocenters. The molecule has 0 bridgehead atoms. The highest BCUT2D eigenvalue weighted by Gasteiger charge is 2.05. The van der Waals surface area contributed by atoms with E-state index in [2.05, 4.69) is 53.4 Å². The van der Waals surface area contributed by atoms with Gasteiger partial charge in [0.25, 0.3) is 0 Å². The van der Waals surface area contributed by atoms with Gasteiger partial charge >= 0.3 is 0 Å². The van der Waals surface area contributed by atoms with Crippen LogP contribution in [0.2, 0.25) is 0 Å². The van der Waals surface area contributed by atoms with Crippen LogP contribution in [0.1, 0.15) is 18.1 Å². The van der Waals surface area contributed by atoms with Crippen molar-refractivity contribution in [2.24, 2.45) is 5.84 Å². The van der Waals surface area contributed by atoms with Gasteiger partial charge in [-0.25, -0.2) is 10.8 Å². The van der Waals surface area contributed by atoms with Gasteiger partial charge in [0.15, 0.2) is 0 Å². The Hall–Kier alpha value is -2.07. The molecule has 0 aliphatic carbocycles. The van der Waals surface area contributed by atoms with Crippen LogP contribution in [0.15, 0.2) is 42.6 Å². The molecule has 0 radical (unpaired) electrons. The fraction of sp³-hybridized carbons (Fsp3) is 0.267. The molecule has 3 N–H and O–H groups in total. The zero-order chi connectivity index (χ0) is 13.7. The maximum Gasteiger partial charge on any atom is 0.139 e. The summed E-state index contributed by atoms with van der Waals surface area (Å²) in [5, 5.41) is 0. The lowest BCUT2D eigenvalue weighted by Crippen LogP contribution is -2.22. The first-order chi connectivity index (χ1) is 9.22. The van der Waals surface area contributed by atoms with Crippen LogP contribution in [0.5, 0.6) is 0 Å². The Morgan fingerprint density at radius 3 is 2.68 bits per heavy atom. The fourth-order valence-corrected chi connectivity index (χ4v) is 2.03. The lowest BCUT2D eigenvalue weighted by Gasteiger charge is -2.23. The number of hydrogen-bond donors (Lipinski definition) is 2. The Morgan fingerprint density at radius 1 is 1.26 bits per heavy atom. The number of nitrogen functional groups attached to an aromatic ring is 1. The summed E-state index contributed by atoms with van der Waals surface area (Å²) < 4.78 is 0. The van der Waals surface area contributed by atoms with Crippen molar-refractivity contribution in [2.75, 3.05) is 16.9 Å². The minimum absolute atomic E-state index is 0.683. The number of anilines is 2. The van der Waals surface area contributed by atoms with Crippen LogP contribution in [0, 0.1) is 6.92 Å². The Labute approximate surface area is 114 Å². The van der Waals surface area contributed by atoms with Crippen molar-refractivity contribution in [3.05, 3.63) is 53.7 Å². The Kier molecular flexibility index (Phi) is 4.36. The van der Waals surface area contributed by atoms with Crippen molar-refractivity contribution < 1.29 is 0 Å². The number of aromatic nitrogens is 1. The highest BCUT2D eigenvalue weighted by molar-refractivity contribution is 5.49. The van der Waals surface area contributed by atoms with Crippen molar-refractivity contribution in [1.82, 2.24) is 4.98 Å². The number of hydrogen-bond acceptors (Lipinski definition) is 4. The van der Waals surface area contributed by atoms with E-state index in [9.17, 15) is 0 Å². The molecular weight excluding hydrogens is 236 g/mol. The van der Waals surface area contributed by atoms with Crippen molar-refractivity contribution in [2.45, 2.75) is 20.4 Å². The van der Waals surface area contributed by atoms with E-state index in [-0.39, 0.29) is 0 Å². The summed E-state index contributed by atoms with van der Waals surface area (Å²) in [6, 6.07) is 12.5. The average Bonchev–Trinajstić information content (AvgIpc) is 2.45. The van der Waals surface area contributed by atoms with Crippen molar-refractivity contribution in [3.8, 4) is 0 Å². The second kappa shape index (κ2) is 6.20. The summed E-state index contributed by atoms with van der Waals surface area (Å²) in [5.41, 5.74) is 6.22. The first-order valence-electron chi connectivity index (χ1n) is 6.46. The van der Waals surface area contributed by atoms with E-state index in [0.29, 0.717) is 5.82 Å². The number of hydrazine groups is 1. The molecule has 0 fully saturated rings. The summed E-state index contributed by atoms with van der Waals surface area (Å²) in [4.78, 5) is 6.55. The van der Waals surface area contributed by atoms with Gasteiger partial charge in [0, 0.05) is 25.0 Å². The molecule has 2 rings (SSSR count). The molecule has 19 heavy (non-hydrogen) atoms. The highest BCUT2D eigenvalue weighted by Crippen LogP contribution is 2.18. The topological polar surface area (TPSA) is 54.2 Å². The first-order valence-corrected chi connectivity index (χ1v) is 6.46. The lowest BCUT2D eigenvalue weighted by atomic mass is 10.2. The third-order valence-corrected chi connectivity index (χ3v) is 3.09. The van der Waals surface area contributed by atoms with Crippen molar-refractivity contribution >= 4 is 11.5 Å². The quantitative estimate of drug-likeness (QED) is 0.638. The third-order valence-electron chi connectivity index (χ3n) is 3.09. The molecule has 0 spiro atoms. The minimum atomic E-state index is 0.683. The molecule has 2 aromatic rings. The van der Waals surface area contributed by atoms with Crippen LogP contribution < -0.4 is 16.2 Å². The van der Waals surface area contributed by atoms with Gasteiger partial charge in [0.05, 0.1) is 0 Å². The molecule has 0 amide bonds. The van der Waals surface area contributed by atoms with Crippen molar-refractivity contribution in [3.63, 3.8) is 0 Å². The number of nitrogens with one attached hydrogen (secondary N) is 1. The molecule has 1 aromatic heterocycles. The minimum Gasteiger partial charge on any atom is -0.367 e. The lowest BCUT2D eigenvalue weighted by molar-refractivity contribution is 0.827. The number of benzene rings is 1. The van der Waals surface area contributed by atoms with E-state index < -0.39 is 0 Å². The largest absolute Gasteiger partial charge is 0.367 e. The zero-order valence-electron chi connectivity index (χ0n) is 11.4. The van der Waals surface area contributed by atoms with Gasteiger partial charge in [0.2, 0.25) is 0 Å². The summed E-state index contributed by atoms with van der Waals surface area (Å²) >= 11 is 0. The maximum atomic E-state index is 5.31. The molecule has 1 aromatic carbocycles. The second-order valence-electron chi connectivity index (χ2n) is 4.55. The summed E-state index contributed by atoms with van der Waals surface area (Å²) in [6.45, 7) is 6.07. The van der Waals surface area contributed by atoms with E-state index in [1.807, 2.05) is 18.3 Å². The SMILES string of the molecule is CCN(Cc1ccc(NN)nc1)c1cccc(C)c1. The van der Waals surface area contributed by atoms with Gasteiger partial charge in [-0.05, 0) is 43.2 Å². The molecule has 1 heterocycles. The van der Waals surface area contributed by atoms with Gasteiger partial charge in [-0.2, -0.15) is 0 Å². The summed E-state index contributed by atoms with van der Waals surface area (Å²) in [6.07, 6.45) is 1.85. The highest BCUT2D eigenvalue weighted by atomic mass is 15.2. The number of nitrogens with zero attached hydrogens (tertiary/aromatic N) is 2. The third kappa shape index (κ3) is 3.45. The second-order valence-corrected chi connectivity index (χ2v) is 4.55. The number of nitrogens with two attached hydrogens (primary N) is 1. The van der Waals surface area contributed by atoms with Crippen LogP contribution in [0.25, 0.3) is 0 Å². The maximum absolute atomic E-state index is 5.31. The first kappa shape index (κ1) is 13.4. The fourth-order valence-electron chi connectivity index (χ4n) is 2.03. The predicted molar refractivity (Wildman–Crippen MR) is 80.0 cm³/mol. The Morgan fingerprint density at radius 2 is 2.11 bits per heavy atom. The van der Waals surface area contributed by atoms with Crippen LogP contribution >= 0.6 is 0 Å². The predicted octanol–water partition coefficient (Wildman–Crippen LogP) is 2.70. The van der Waals surface area contributed by atoms with Gasteiger partial charge in [-0.1, -0.05) is 18.2 Å². The zero-order valence-corrected chi connectivity index (χ0v) is 11.4. The standard InChI is InChI=1S/C15H20N4/c1-3-19(14-6-4-5-12(2)9-14)11-13-7-8-15(18-16)17-10-13/h4-10H,3,11,16H2,1-2H3,(H,17,18). The average molecular weight is 256 g/mol. The van der Waals surface area contributed by atoms with Crippen LogP contribution in [0.4, 0.5) is 11.5 Å². The molecule has 100 valence electrons. The molecule has 0 aliphatic rings. The van der Waals surface area contributed by atoms with Gasteiger partial charge in [-0.15, -0.1) is 0 Å². The number of pyridine rings is 1. The Bertz CT molecular complexity index is 522. The molecular formula is C15H20N4. The number of aryl methyl sites for hydroxylation is 1. The smallest absolute Gasteiger partial charge is 0.139 e. The Balaban J connectivity index is 2.14. The van der Waals surface area contributed by atoms with E-state index in [1.54, 1.807) is 0 Å². The van der Waals surface area contributed by atoms with Gasteiger partial charge < -0.3 is 10.3 Å². The monoisotopic (exact) mass is 256 g/mol. The molecule has 4 nitrogen and oxygen atoms in total. The van der Waals surface area contributed by atoms with Crippen LogP contribution in [0.3, 0.4) is 0 Å². The summed E-state index contributed by atoms with van der Waals surface area (Å²) in [5.74, 6) is 5.99. The van der Waals surface area contributed by atoms with Crippen LogP contribution in [-0.4, -0.2) is 11.5 Å². The van der Waals surface area contributed by atoms with E-state index >= 15 is 0 Å². The molecule has 0 aliphatic heterocycles.